The normalized spacial score (nSPS) is 21.4. The highest BCUT2D eigenvalue weighted by Gasteiger charge is 2.30. The van der Waals surface area contributed by atoms with Gasteiger partial charge in [0.25, 0.3) is 0 Å². The van der Waals surface area contributed by atoms with Gasteiger partial charge in [-0.05, 0) is 32.2 Å². The van der Waals surface area contributed by atoms with E-state index in [2.05, 4.69) is 10.4 Å². The third-order valence-electron chi connectivity index (χ3n) is 4.03. The maximum Gasteiger partial charge on any atom is 0.129 e. The van der Waals surface area contributed by atoms with Crippen LogP contribution in [0.15, 0.2) is 24.4 Å². The van der Waals surface area contributed by atoms with Crippen molar-refractivity contribution in [3.63, 3.8) is 0 Å². The number of rotatable bonds is 2. The van der Waals surface area contributed by atoms with Gasteiger partial charge in [-0.2, -0.15) is 5.10 Å². The molecule has 0 bridgehead atoms. The van der Waals surface area contributed by atoms with E-state index in [0.717, 1.165) is 29.0 Å². The van der Waals surface area contributed by atoms with Crippen molar-refractivity contribution < 1.29 is 9.13 Å². The van der Waals surface area contributed by atoms with Gasteiger partial charge in [0, 0.05) is 36.3 Å². The zero-order valence-corrected chi connectivity index (χ0v) is 11.9. The minimum atomic E-state index is -0.233. The SMILES string of the molecule is CNC1CC(c2cnn(C)c2C)Oc2ccc(F)cc21. The summed E-state index contributed by atoms with van der Waals surface area (Å²) in [6, 6.07) is 4.76. The van der Waals surface area contributed by atoms with E-state index in [0.29, 0.717) is 0 Å². The van der Waals surface area contributed by atoms with Crippen LogP contribution in [0.3, 0.4) is 0 Å². The molecule has 1 aromatic heterocycles. The van der Waals surface area contributed by atoms with Crippen molar-refractivity contribution in [3.05, 3.63) is 47.0 Å². The third-order valence-corrected chi connectivity index (χ3v) is 4.03. The minimum absolute atomic E-state index is 0.0564. The molecular weight excluding hydrogens is 257 g/mol. The predicted octanol–water partition coefficient (Wildman–Crippen LogP) is 2.65. The number of ether oxygens (including phenoxy) is 1. The summed E-state index contributed by atoms with van der Waals surface area (Å²) in [6.07, 6.45) is 2.56. The van der Waals surface area contributed by atoms with Gasteiger partial charge in [-0.1, -0.05) is 0 Å². The largest absolute Gasteiger partial charge is 0.485 e. The molecule has 2 heterocycles. The molecule has 2 aromatic rings. The average molecular weight is 275 g/mol. The molecule has 0 aliphatic carbocycles. The number of benzene rings is 1. The second kappa shape index (κ2) is 4.90. The quantitative estimate of drug-likeness (QED) is 0.916. The smallest absolute Gasteiger partial charge is 0.129 e. The number of fused-ring (bicyclic) bond motifs is 1. The van der Waals surface area contributed by atoms with Crippen molar-refractivity contribution in [3.8, 4) is 5.75 Å². The topological polar surface area (TPSA) is 39.1 Å². The van der Waals surface area contributed by atoms with E-state index < -0.39 is 0 Å². The Morgan fingerprint density at radius 3 is 2.85 bits per heavy atom. The summed E-state index contributed by atoms with van der Waals surface area (Å²) >= 11 is 0. The number of hydrogen-bond donors (Lipinski definition) is 1. The summed E-state index contributed by atoms with van der Waals surface area (Å²) < 4.78 is 21.3. The van der Waals surface area contributed by atoms with Crippen molar-refractivity contribution in [2.45, 2.75) is 25.5 Å². The molecule has 0 spiro atoms. The van der Waals surface area contributed by atoms with Crippen molar-refractivity contribution in [2.75, 3.05) is 7.05 Å². The summed E-state index contributed by atoms with van der Waals surface area (Å²) in [5.74, 6) is 0.508. The number of nitrogens with zero attached hydrogens (tertiary/aromatic N) is 2. The van der Waals surface area contributed by atoms with E-state index >= 15 is 0 Å². The lowest BCUT2D eigenvalue weighted by atomic mass is 9.93. The van der Waals surface area contributed by atoms with Crippen LogP contribution >= 0.6 is 0 Å². The highest BCUT2D eigenvalue weighted by molar-refractivity contribution is 5.40. The Labute approximate surface area is 117 Å². The van der Waals surface area contributed by atoms with E-state index in [1.807, 2.05) is 31.9 Å². The molecule has 0 fully saturated rings. The molecule has 5 heteroatoms. The lowest BCUT2D eigenvalue weighted by Crippen LogP contribution is -2.27. The summed E-state index contributed by atoms with van der Waals surface area (Å²) in [6.45, 7) is 2.03. The van der Waals surface area contributed by atoms with Crippen LogP contribution in [0.1, 0.15) is 35.4 Å². The monoisotopic (exact) mass is 275 g/mol. The van der Waals surface area contributed by atoms with Crippen LogP contribution in [-0.2, 0) is 7.05 Å². The van der Waals surface area contributed by atoms with E-state index in [1.54, 1.807) is 12.1 Å². The van der Waals surface area contributed by atoms with Gasteiger partial charge in [0.15, 0.2) is 0 Å². The predicted molar refractivity (Wildman–Crippen MR) is 74.1 cm³/mol. The van der Waals surface area contributed by atoms with Gasteiger partial charge in [-0.3, -0.25) is 4.68 Å². The lowest BCUT2D eigenvalue weighted by Gasteiger charge is -2.32. The third kappa shape index (κ3) is 2.08. The van der Waals surface area contributed by atoms with E-state index in [9.17, 15) is 4.39 Å². The molecule has 2 atom stereocenters. The fraction of sp³-hybridized carbons (Fsp3) is 0.400. The highest BCUT2D eigenvalue weighted by atomic mass is 19.1. The number of aryl methyl sites for hydroxylation is 1. The van der Waals surface area contributed by atoms with Gasteiger partial charge in [-0.25, -0.2) is 4.39 Å². The molecule has 3 rings (SSSR count). The van der Waals surface area contributed by atoms with Crippen LogP contribution in [0.4, 0.5) is 4.39 Å². The first kappa shape index (κ1) is 13.1. The van der Waals surface area contributed by atoms with E-state index in [-0.39, 0.29) is 18.0 Å². The first-order chi connectivity index (χ1) is 9.60. The molecule has 0 radical (unpaired) electrons. The molecule has 106 valence electrons. The van der Waals surface area contributed by atoms with Gasteiger partial charge in [0.05, 0.1) is 6.20 Å². The van der Waals surface area contributed by atoms with Gasteiger partial charge >= 0.3 is 0 Å². The molecule has 0 saturated heterocycles. The van der Waals surface area contributed by atoms with Gasteiger partial charge < -0.3 is 10.1 Å². The Kier molecular flexibility index (Phi) is 3.22. The molecule has 20 heavy (non-hydrogen) atoms. The molecule has 2 unspecified atom stereocenters. The molecule has 1 aliphatic rings. The van der Waals surface area contributed by atoms with Crippen LogP contribution in [0.5, 0.6) is 5.75 Å². The second-order valence-corrected chi connectivity index (χ2v) is 5.17. The first-order valence-corrected chi connectivity index (χ1v) is 6.72. The maximum atomic E-state index is 13.4. The zero-order chi connectivity index (χ0) is 14.3. The molecule has 1 N–H and O–H groups in total. The molecule has 0 amide bonds. The number of nitrogens with one attached hydrogen (secondary N) is 1. The standard InChI is InChI=1S/C15H18FN3O/c1-9-12(8-18-19(9)3)15-7-13(17-2)11-6-10(16)4-5-14(11)20-15/h4-6,8,13,15,17H,7H2,1-3H3. The Morgan fingerprint density at radius 2 is 2.20 bits per heavy atom. The summed E-state index contributed by atoms with van der Waals surface area (Å²) in [5, 5.41) is 7.51. The Bertz CT molecular complexity index is 638. The number of halogens is 1. The molecule has 4 nitrogen and oxygen atoms in total. The van der Waals surface area contributed by atoms with E-state index in [4.69, 9.17) is 4.74 Å². The Morgan fingerprint density at radius 1 is 1.40 bits per heavy atom. The van der Waals surface area contributed by atoms with Crippen molar-refractivity contribution >= 4 is 0 Å². The molecular formula is C15H18FN3O. The fourth-order valence-electron chi connectivity index (χ4n) is 2.74. The van der Waals surface area contributed by atoms with Gasteiger partial charge in [0.2, 0.25) is 0 Å². The second-order valence-electron chi connectivity index (χ2n) is 5.17. The van der Waals surface area contributed by atoms with Crippen LogP contribution in [0, 0.1) is 12.7 Å². The maximum absolute atomic E-state index is 13.4. The number of aromatic nitrogens is 2. The van der Waals surface area contributed by atoms with E-state index in [1.165, 1.54) is 6.07 Å². The van der Waals surface area contributed by atoms with Gasteiger partial charge in [-0.15, -0.1) is 0 Å². The summed E-state index contributed by atoms with van der Waals surface area (Å²) in [5.41, 5.74) is 3.06. The van der Waals surface area contributed by atoms with Crippen LogP contribution in [0.25, 0.3) is 0 Å². The minimum Gasteiger partial charge on any atom is -0.485 e. The zero-order valence-electron chi connectivity index (χ0n) is 11.9. The van der Waals surface area contributed by atoms with Crippen LogP contribution in [0.2, 0.25) is 0 Å². The van der Waals surface area contributed by atoms with Gasteiger partial charge in [0.1, 0.15) is 17.7 Å². The van der Waals surface area contributed by atoms with Crippen molar-refractivity contribution in [1.29, 1.82) is 0 Å². The Hall–Kier alpha value is -1.88. The van der Waals surface area contributed by atoms with Crippen LogP contribution < -0.4 is 10.1 Å². The summed E-state index contributed by atoms with van der Waals surface area (Å²) in [7, 11) is 3.80. The lowest BCUT2D eigenvalue weighted by molar-refractivity contribution is 0.152. The van der Waals surface area contributed by atoms with Crippen molar-refractivity contribution in [1.82, 2.24) is 15.1 Å². The first-order valence-electron chi connectivity index (χ1n) is 6.72. The average Bonchev–Trinajstić information content (AvgIpc) is 2.78. The molecule has 1 aliphatic heterocycles. The highest BCUT2D eigenvalue weighted by Crippen LogP contribution is 2.41. The Balaban J connectivity index is 1.99. The summed E-state index contributed by atoms with van der Waals surface area (Å²) in [4.78, 5) is 0. The fourth-order valence-corrected chi connectivity index (χ4v) is 2.74. The molecule has 1 aromatic carbocycles. The molecule has 0 saturated carbocycles. The van der Waals surface area contributed by atoms with Crippen molar-refractivity contribution in [2.24, 2.45) is 7.05 Å². The number of hydrogen-bond acceptors (Lipinski definition) is 3. The van der Waals surface area contributed by atoms with Crippen LogP contribution in [-0.4, -0.2) is 16.8 Å².